The van der Waals surface area contributed by atoms with Gasteiger partial charge in [-0.2, -0.15) is 5.10 Å². The fourth-order valence-corrected chi connectivity index (χ4v) is 6.82. The first-order valence-corrected chi connectivity index (χ1v) is 14.9. The normalized spacial score (nSPS) is 12.9. The molecule has 0 spiro atoms. The number of nitrogens with zero attached hydrogens (tertiary/aromatic N) is 3. The highest BCUT2D eigenvalue weighted by Crippen LogP contribution is 2.35. The summed E-state index contributed by atoms with van der Waals surface area (Å²) in [5.41, 5.74) is 5.17. The van der Waals surface area contributed by atoms with Crippen molar-refractivity contribution in [2.24, 2.45) is 5.10 Å². The summed E-state index contributed by atoms with van der Waals surface area (Å²) in [5, 5.41) is 5.33. The molecule has 0 radical (unpaired) electrons. The summed E-state index contributed by atoms with van der Waals surface area (Å²) in [6.45, 7) is 0. The number of carbonyl (C=O) groups is 1. The molecule has 1 N–H and O–H groups in total. The Labute approximate surface area is 239 Å². The van der Waals surface area contributed by atoms with Crippen LogP contribution in [0.25, 0.3) is 15.9 Å². The first-order valence-electron chi connectivity index (χ1n) is 13.1. The first-order chi connectivity index (χ1) is 19.7. The molecule has 6 rings (SSSR count). The Morgan fingerprint density at radius 3 is 2.58 bits per heavy atom. The molecule has 0 saturated carbocycles. The Bertz CT molecular complexity index is 1750. The minimum absolute atomic E-state index is 0.0599. The molecule has 5 aromatic rings. The van der Waals surface area contributed by atoms with Crippen molar-refractivity contribution in [3.63, 3.8) is 0 Å². The van der Waals surface area contributed by atoms with Crippen LogP contribution >= 0.6 is 23.1 Å². The van der Waals surface area contributed by atoms with Crippen molar-refractivity contribution in [1.82, 2.24) is 15.0 Å². The fourth-order valence-electron chi connectivity index (χ4n) is 4.71. The Morgan fingerprint density at radius 1 is 1.00 bits per heavy atom. The summed E-state index contributed by atoms with van der Waals surface area (Å²) in [6, 6.07) is 26.4. The lowest BCUT2D eigenvalue weighted by atomic mass is 9.97. The lowest BCUT2D eigenvalue weighted by Gasteiger charge is -2.13. The van der Waals surface area contributed by atoms with Crippen LogP contribution in [0.15, 0.2) is 100.0 Å². The molecule has 1 aliphatic rings. The van der Waals surface area contributed by atoms with Gasteiger partial charge in [-0.1, -0.05) is 60.3 Å². The van der Waals surface area contributed by atoms with Crippen LogP contribution in [0, 0.1) is 0 Å². The van der Waals surface area contributed by atoms with Gasteiger partial charge in [-0.3, -0.25) is 14.2 Å². The Kier molecular flexibility index (Phi) is 7.74. The van der Waals surface area contributed by atoms with Crippen LogP contribution in [-0.4, -0.2) is 27.4 Å². The molecular weight excluding hydrogens is 541 g/mol. The number of carbonyl (C=O) groups excluding carboxylic acids is 1. The number of ether oxygens (including phenoxy) is 1. The van der Waals surface area contributed by atoms with E-state index in [0.29, 0.717) is 10.9 Å². The maximum absolute atomic E-state index is 13.8. The minimum Gasteiger partial charge on any atom is -0.457 e. The number of rotatable bonds is 8. The maximum atomic E-state index is 13.8. The van der Waals surface area contributed by atoms with Gasteiger partial charge in [0, 0.05) is 4.88 Å². The molecule has 0 unspecified atom stereocenters. The van der Waals surface area contributed by atoms with E-state index in [1.54, 1.807) is 22.1 Å². The second kappa shape index (κ2) is 11.9. The second-order valence-electron chi connectivity index (χ2n) is 9.33. The van der Waals surface area contributed by atoms with Crippen LogP contribution in [0.2, 0.25) is 0 Å². The highest BCUT2D eigenvalue weighted by atomic mass is 32.2. The van der Waals surface area contributed by atoms with Gasteiger partial charge in [0.05, 0.1) is 23.0 Å². The Balaban J connectivity index is 1.18. The quantitative estimate of drug-likeness (QED) is 0.102. The molecule has 0 bridgehead atoms. The number of hydrazone groups is 1. The number of nitrogens with one attached hydrogen (secondary N) is 1. The predicted molar refractivity (Wildman–Crippen MR) is 161 cm³/mol. The van der Waals surface area contributed by atoms with Crippen LogP contribution in [-0.2, 0) is 17.6 Å². The lowest BCUT2D eigenvalue weighted by molar-refractivity contribution is -0.118. The average molecular weight is 567 g/mol. The van der Waals surface area contributed by atoms with Crippen molar-refractivity contribution in [3.05, 3.63) is 111 Å². The third-order valence-electron chi connectivity index (χ3n) is 6.54. The molecule has 200 valence electrons. The van der Waals surface area contributed by atoms with Crippen LogP contribution < -0.4 is 15.7 Å². The van der Waals surface area contributed by atoms with E-state index < -0.39 is 0 Å². The molecule has 2 aromatic heterocycles. The molecular formula is C31H26N4O3S2. The summed E-state index contributed by atoms with van der Waals surface area (Å²) in [7, 11) is 0. The van der Waals surface area contributed by atoms with E-state index in [2.05, 4.69) is 10.5 Å². The third-order valence-corrected chi connectivity index (χ3v) is 8.67. The highest BCUT2D eigenvalue weighted by Gasteiger charge is 2.23. The third kappa shape index (κ3) is 5.71. The monoisotopic (exact) mass is 566 g/mol. The van der Waals surface area contributed by atoms with Crippen molar-refractivity contribution in [3.8, 4) is 17.2 Å². The first kappa shape index (κ1) is 26.0. The SMILES string of the molecule is O=C(CSc1nc2sc3c(c2c(=O)n1-c1ccccc1)CCCC3)N/N=C/c1cccc(Oc2ccccc2)c1. The van der Waals surface area contributed by atoms with Gasteiger partial charge in [0.15, 0.2) is 5.16 Å². The van der Waals surface area contributed by atoms with Gasteiger partial charge in [-0.15, -0.1) is 11.3 Å². The van der Waals surface area contributed by atoms with Crippen LogP contribution in [0.1, 0.15) is 28.8 Å². The number of hydrogen-bond donors (Lipinski definition) is 1. The maximum Gasteiger partial charge on any atom is 0.267 e. The molecule has 0 saturated heterocycles. The van der Waals surface area contributed by atoms with Crippen molar-refractivity contribution in [2.75, 3.05) is 5.75 Å². The summed E-state index contributed by atoms with van der Waals surface area (Å²) in [4.78, 5) is 33.4. The zero-order valence-electron chi connectivity index (χ0n) is 21.6. The number of aryl methyl sites for hydroxylation is 2. The number of para-hydroxylation sites is 2. The summed E-state index contributed by atoms with van der Waals surface area (Å²) >= 11 is 2.83. The Hall–Kier alpha value is -4.21. The van der Waals surface area contributed by atoms with E-state index in [-0.39, 0.29) is 17.2 Å². The molecule has 0 atom stereocenters. The van der Waals surface area contributed by atoms with Crippen molar-refractivity contribution < 1.29 is 9.53 Å². The van der Waals surface area contributed by atoms with Crippen molar-refractivity contribution >= 4 is 45.4 Å². The van der Waals surface area contributed by atoms with Gasteiger partial charge in [0.1, 0.15) is 16.3 Å². The number of thioether (sulfide) groups is 1. The van der Waals surface area contributed by atoms with E-state index in [0.717, 1.165) is 58.5 Å². The largest absolute Gasteiger partial charge is 0.457 e. The van der Waals surface area contributed by atoms with Gasteiger partial charge < -0.3 is 4.74 Å². The average Bonchev–Trinajstić information content (AvgIpc) is 3.36. The van der Waals surface area contributed by atoms with Gasteiger partial charge in [-0.25, -0.2) is 10.4 Å². The smallest absolute Gasteiger partial charge is 0.267 e. The molecule has 9 heteroatoms. The fraction of sp³-hybridized carbons (Fsp3) is 0.161. The summed E-state index contributed by atoms with van der Waals surface area (Å²) in [6.07, 6.45) is 5.70. The van der Waals surface area contributed by atoms with E-state index in [9.17, 15) is 9.59 Å². The van der Waals surface area contributed by atoms with E-state index in [4.69, 9.17) is 9.72 Å². The molecule has 7 nitrogen and oxygen atoms in total. The van der Waals surface area contributed by atoms with Crippen LogP contribution in [0.4, 0.5) is 0 Å². The number of thiophene rings is 1. The predicted octanol–water partition coefficient (Wildman–Crippen LogP) is 6.36. The standard InChI is InChI=1S/C31H26N4O3S2/c36-27(34-32-19-21-10-9-15-24(18-21)38-23-13-5-2-6-14-23)20-39-31-33-29-28(25-16-7-8-17-26(25)40-29)30(37)35(31)22-11-3-1-4-12-22/h1-6,9-15,18-19H,7-8,16-17,20H2,(H,34,36)/b32-19+. The van der Waals surface area contributed by atoms with Crippen LogP contribution in [0.5, 0.6) is 11.5 Å². The summed E-state index contributed by atoms with van der Waals surface area (Å²) < 4.78 is 7.49. The summed E-state index contributed by atoms with van der Waals surface area (Å²) in [5.74, 6) is 1.18. The molecule has 0 aliphatic heterocycles. The number of amides is 1. The molecule has 40 heavy (non-hydrogen) atoms. The molecule has 0 fully saturated rings. The molecule has 1 aliphatic carbocycles. The van der Waals surface area contributed by atoms with E-state index >= 15 is 0 Å². The van der Waals surface area contributed by atoms with Gasteiger partial charge >= 0.3 is 0 Å². The van der Waals surface area contributed by atoms with Gasteiger partial charge in [0.2, 0.25) is 0 Å². The molecule has 2 heterocycles. The van der Waals surface area contributed by atoms with Crippen molar-refractivity contribution in [1.29, 1.82) is 0 Å². The molecule has 3 aromatic carbocycles. The zero-order valence-corrected chi connectivity index (χ0v) is 23.2. The zero-order chi connectivity index (χ0) is 27.3. The van der Waals surface area contributed by atoms with Crippen LogP contribution in [0.3, 0.4) is 0 Å². The van der Waals surface area contributed by atoms with E-state index in [1.165, 1.54) is 16.6 Å². The number of fused-ring (bicyclic) bond motifs is 3. The topological polar surface area (TPSA) is 85.6 Å². The number of aromatic nitrogens is 2. The lowest BCUT2D eigenvalue weighted by Crippen LogP contribution is -2.24. The van der Waals surface area contributed by atoms with Crippen molar-refractivity contribution in [2.45, 2.75) is 30.8 Å². The van der Waals surface area contributed by atoms with Gasteiger partial charge in [-0.05, 0) is 73.2 Å². The second-order valence-corrected chi connectivity index (χ2v) is 11.4. The number of benzene rings is 3. The Morgan fingerprint density at radius 2 is 1.75 bits per heavy atom. The van der Waals surface area contributed by atoms with Gasteiger partial charge in [0.25, 0.3) is 11.5 Å². The molecule has 1 amide bonds. The number of hydrogen-bond acceptors (Lipinski definition) is 7. The van der Waals surface area contributed by atoms with E-state index in [1.807, 2.05) is 84.9 Å². The minimum atomic E-state index is -0.294. The highest BCUT2D eigenvalue weighted by molar-refractivity contribution is 7.99.